The molecular formula is C11H13N3. The van der Waals surface area contributed by atoms with Gasteiger partial charge in [0.1, 0.15) is 0 Å². The van der Waals surface area contributed by atoms with Crippen LogP contribution in [0, 0.1) is 0 Å². The molecule has 14 heavy (non-hydrogen) atoms. The SMILES string of the molecule is Nc1cccc(NCc2ccc[nH]2)c1. The summed E-state index contributed by atoms with van der Waals surface area (Å²) in [5.41, 5.74) is 8.64. The van der Waals surface area contributed by atoms with Crippen LogP contribution >= 0.6 is 0 Å². The van der Waals surface area contributed by atoms with Crippen molar-refractivity contribution >= 4 is 11.4 Å². The lowest BCUT2D eigenvalue weighted by Gasteiger charge is -2.05. The zero-order chi connectivity index (χ0) is 9.80. The van der Waals surface area contributed by atoms with Gasteiger partial charge in [0, 0.05) is 23.3 Å². The molecule has 72 valence electrons. The van der Waals surface area contributed by atoms with Crippen LogP contribution in [0.1, 0.15) is 5.69 Å². The molecule has 0 aliphatic carbocycles. The number of nitrogen functional groups attached to an aromatic ring is 1. The minimum atomic E-state index is 0.779. The molecule has 2 aromatic rings. The number of aromatic amines is 1. The van der Waals surface area contributed by atoms with Crippen molar-refractivity contribution in [2.24, 2.45) is 0 Å². The van der Waals surface area contributed by atoms with Gasteiger partial charge in [-0.3, -0.25) is 0 Å². The number of H-pyrrole nitrogens is 1. The molecule has 0 saturated heterocycles. The molecule has 0 fully saturated rings. The third-order valence-corrected chi connectivity index (χ3v) is 2.03. The van der Waals surface area contributed by atoms with Crippen molar-refractivity contribution in [3.8, 4) is 0 Å². The highest BCUT2D eigenvalue weighted by Crippen LogP contribution is 2.12. The van der Waals surface area contributed by atoms with E-state index >= 15 is 0 Å². The molecule has 2 rings (SSSR count). The minimum Gasteiger partial charge on any atom is -0.399 e. The fourth-order valence-electron chi connectivity index (χ4n) is 1.32. The molecule has 0 unspecified atom stereocenters. The molecule has 0 spiro atoms. The molecule has 3 heteroatoms. The number of hydrogen-bond donors (Lipinski definition) is 3. The summed E-state index contributed by atoms with van der Waals surface area (Å²) in [5.74, 6) is 0. The second-order valence-electron chi connectivity index (χ2n) is 3.17. The monoisotopic (exact) mass is 187 g/mol. The van der Waals surface area contributed by atoms with Crippen LogP contribution in [0.5, 0.6) is 0 Å². The molecule has 3 nitrogen and oxygen atoms in total. The maximum atomic E-state index is 5.66. The Labute approximate surface area is 83.0 Å². The van der Waals surface area contributed by atoms with Gasteiger partial charge in [0.15, 0.2) is 0 Å². The van der Waals surface area contributed by atoms with E-state index in [1.54, 1.807) is 0 Å². The van der Waals surface area contributed by atoms with Crippen molar-refractivity contribution in [1.29, 1.82) is 0 Å². The van der Waals surface area contributed by atoms with Gasteiger partial charge in [0.05, 0.1) is 6.54 Å². The van der Waals surface area contributed by atoms with Crippen LogP contribution in [0.2, 0.25) is 0 Å². The van der Waals surface area contributed by atoms with E-state index in [-0.39, 0.29) is 0 Å². The van der Waals surface area contributed by atoms with E-state index in [0.717, 1.165) is 23.6 Å². The van der Waals surface area contributed by atoms with Crippen LogP contribution in [0.4, 0.5) is 11.4 Å². The van der Waals surface area contributed by atoms with Crippen molar-refractivity contribution in [1.82, 2.24) is 4.98 Å². The van der Waals surface area contributed by atoms with Gasteiger partial charge >= 0.3 is 0 Å². The van der Waals surface area contributed by atoms with Crippen molar-refractivity contribution in [2.75, 3.05) is 11.1 Å². The lowest BCUT2D eigenvalue weighted by molar-refractivity contribution is 1.07. The third kappa shape index (κ3) is 2.07. The zero-order valence-electron chi connectivity index (χ0n) is 7.83. The molecule has 0 saturated carbocycles. The van der Waals surface area contributed by atoms with Gasteiger partial charge in [-0.15, -0.1) is 0 Å². The highest BCUT2D eigenvalue weighted by Gasteiger charge is 1.93. The van der Waals surface area contributed by atoms with Crippen LogP contribution in [0.15, 0.2) is 42.6 Å². The first-order chi connectivity index (χ1) is 6.84. The quantitative estimate of drug-likeness (QED) is 0.645. The Morgan fingerprint density at radius 2 is 2.14 bits per heavy atom. The summed E-state index contributed by atoms with van der Waals surface area (Å²) in [7, 11) is 0. The summed E-state index contributed by atoms with van der Waals surface area (Å²) in [6, 6.07) is 11.8. The Morgan fingerprint density at radius 3 is 2.86 bits per heavy atom. The Kier molecular flexibility index (Phi) is 2.40. The number of anilines is 2. The Morgan fingerprint density at radius 1 is 1.21 bits per heavy atom. The van der Waals surface area contributed by atoms with Gasteiger partial charge in [0.2, 0.25) is 0 Å². The summed E-state index contributed by atoms with van der Waals surface area (Å²) in [4.78, 5) is 3.13. The smallest absolute Gasteiger partial charge is 0.0551 e. The molecule has 1 heterocycles. The highest BCUT2D eigenvalue weighted by molar-refractivity contribution is 5.54. The van der Waals surface area contributed by atoms with Crippen molar-refractivity contribution in [3.63, 3.8) is 0 Å². The van der Waals surface area contributed by atoms with Crippen LogP contribution in [-0.2, 0) is 6.54 Å². The van der Waals surface area contributed by atoms with E-state index < -0.39 is 0 Å². The fraction of sp³-hybridized carbons (Fsp3) is 0.0909. The van der Waals surface area contributed by atoms with Crippen molar-refractivity contribution < 1.29 is 0 Å². The van der Waals surface area contributed by atoms with Crippen molar-refractivity contribution in [3.05, 3.63) is 48.3 Å². The van der Waals surface area contributed by atoms with E-state index in [1.165, 1.54) is 0 Å². The Balaban J connectivity index is 1.98. The zero-order valence-corrected chi connectivity index (χ0v) is 7.83. The number of benzene rings is 1. The highest BCUT2D eigenvalue weighted by atomic mass is 14.9. The number of aromatic nitrogens is 1. The predicted octanol–water partition coefficient (Wildman–Crippen LogP) is 2.21. The average molecular weight is 187 g/mol. The first-order valence-electron chi connectivity index (χ1n) is 4.56. The number of rotatable bonds is 3. The van der Waals surface area contributed by atoms with E-state index in [2.05, 4.69) is 10.3 Å². The topological polar surface area (TPSA) is 53.8 Å². The molecule has 0 radical (unpaired) electrons. The van der Waals surface area contributed by atoms with Crippen molar-refractivity contribution in [2.45, 2.75) is 6.54 Å². The number of nitrogens with two attached hydrogens (primary N) is 1. The summed E-state index contributed by atoms with van der Waals surface area (Å²) >= 11 is 0. The van der Waals surface area contributed by atoms with E-state index in [4.69, 9.17) is 5.73 Å². The van der Waals surface area contributed by atoms with Crippen LogP contribution in [-0.4, -0.2) is 4.98 Å². The normalized spacial score (nSPS) is 10.0. The standard InChI is InChI=1S/C11H13N3/c12-9-3-1-4-10(7-9)14-8-11-5-2-6-13-11/h1-7,13-14H,8,12H2. The van der Waals surface area contributed by atoms with E-state index in [9.17, 15) is 0 Å². The Bertz CT molecular complexity index is 393. The van der Waals surface area contributed by atoms with E-state index in [1.807, 2.05) is 42.6 Å². The largest absolute Gasteiger partial charge is 0.399 e. The number of hydrogen-bond acceptors (Lipinski definition) is 2. The van der Waals surface area contributed by atoms with Gasteiger partial charge in [-0.25, -0.2) is 0 Å². The number of nitrogens with one attached hydrogen (secondary N) is 2. The molecule has 0 atom stereocenters. The van der Waals surface area contributed by atoms with Gasteiger partial charge in [-0.1, -0.05) is 6.07 Å². The lowest BCUT2D eigenvalue weighted by atomic mass is 10.3. The minimum absolute atomic E-state index is 0.779. The van der Waals surface area contributed by atoms with Gasteiger partial charge < -0.3 is 16.0 Å². The van der Waals surface area contributed by atoms with Crippen LogP contribution < -0.4 is 11.1 Å². The summed E-state index contributed by atoms with van der Waals surface area (Å²) < 4.78 is 0. The van der Waals surface area contributed by atoms with Crippen LogP contribution in [0.25, 0.3) is 0 Å². The average Bonchev–Trinajstić information content (AvgIpc) is 2.67. The molecular weight excluding hydrogens is 174 g/mol. The summed E-state index contributed by atoms with van der Waals surface area (Å²) in [6.45, 7) is 0.788. The second-order valence-corrected chi connectivity index (χ2v) is 3.17. The first-order valence-corrected chi connectivity index (χ1v) is 4.56. The predicted molar refractivity (Wildman–Crippen MR) is 59.0 cm³/mol. The van der Waals surface area contributed by atoms with E-state index in [0.29, 0.717) is 0 Å². The second kappa shape index (κ2) is 3.87. The maximum Gasteiger partial charge on any atom is 0.0551 e. The summed E-state index contributed by atoms with van der Waals surface area (Å²) in [6.07, 6.45) is 1.91. The molecule has 0 aliphatic rings. The maximum absolute atomic E-state index is 5.66. The van der Waals surface area contributed by atoms with Gasteiger partial charge in [-0.05, 0) is 30.3 Å². The Hall–Kier alpha value is -1.90. The van der Waals surface area contributed by atoms with Crippen LogP contribution in [0.3, 0.4) is 0 Å². The van der Waals surface area contributed by atoms with Gasteiger partial charge in [-0.2, -0.15) is 0 Å². The molecule has 0 bridgehead atoms. The molecule has 1 aromatic heterocycles. The third-order valence-electron chi connectivity index (χ3n) is 2.03. The summed E-state index contributed by atoms with van der Waals surface area (Å²) in [5, 5.41) is 3.28. The molecule has 0 aliphatic heterocycles. The van der Waals surface area contributed by atoms with Gasteiger partial charge in [0.25, 0.3) is 0 Å². The molecule has 0 amide bonds. The first kappa shape index (κ1) is 8.69. The molecule has 1 aromatic carbocycles. The lowest BCUT2D eigenvalue weighted by Crippen LogP contribution is -1.99. The molecule has 4 N–H and O–H groups in total. The fourth-order valence-corrected chi connectivity index (χ4v) is 1.32.